The molecule has 0 bridgehead atoms. The Kier molecular flexibility index (Phi) is 9.63. The van der Waals surface area contributed by atoms with Crippen LogP contribution in [0.4, 0.5) is 0 Å². The van der Waals surface area contributed by atoms with E-state index < -0.39 is 16.1 Å². The highest BCUT2D eigenvalue weighted by molar-refractivity contribution is 7.87. The molecule has 1 saturated carbocycles. The highest BCUT2D eigenvalue weighted by atomic mass is 35.5. The third-order valence-corrected chi connectivity index (χ3v) is 10.2. The van der Waals surface area contributed by atoms with Crippen LogP contribution in [-0.2, 0) is 16.8 Å². The highest BCUT2D eigenvalue weighted by Crippen LogP contribution is 2.37. The Bertz CT molecular complexity index is 1880. The van der Waals surface area contributed by atoms with Gasteiger partial charge in [0.25, 0.3) is 16.1 Å². The summed E-state index contributed by atoms with van der Waals surface area (Å²) in [5.41, 5.74) is 6.57. The van der Waals surface area contributed by atoms with Crippen molar-refractivity contribution in [2.45, 2.75) is 51.6 Å². The summed E-state index contributed by atoms with van der Waals surface area (Å²) in [5, 5.41) is 7.42. The molecule has 0 radical (unpaired) electrons. The van der Waals surface area contributed by atoms with Gasteiger partial charge in [0.1, 0.15) is 0 Å². The zero-order chi connectivity index (χ0) is 31.6. The molecule has 2 aliphatic rings. The minimum atomic E-state index is -3.83. The Labute approximate surface area is 277 Å². The lowest BCUT2D eigenvalue weighted by atomic mass is 10.1. The third-order valence-electron chi connectivity index (χ3n) is 7.51. The molecule has 1 aliphatic heterocycles. The highest BCUT2D eigenvalue weighted by Gasteiger charge is 2.31. The third kappa shape index (κ3) is 7.96. The van der Waals surface area contributed by atoms with Crippen LogP contribution < -0.4 is 14.9 Å². The van der Waals surface area contributed by atoms with Gasteiger partial charge in [-0.2, -0.15) is 23.0 Å². The molecule has 1 amide bonds. The molecule has 2 aromatic carbocycles. The monoisotopic (exact) mass is 682 g/mol. The van der Waals surface area contributed by atoms with E-state index in [4.69, 9.17) is 28.3 Å². The number of carbonyl (C=O) groups is 1. The molecule has 13 heteroatoms. The number of rotatable bonds is 9. The van der Waals surface area contributed by atoms with Gasteiger partial charge < -0.3 is 0 Å². The molecule has 1 aliphatic carbocycles. The second kappa shape index (κ2) is 13.6. The van der Waals surface area contributed by atoms with Gasteiger partial charge in [-0.25, -0.2) is 9.69 Å². The van der Waals surface area contributed by atoms with Gasteiger partial charge in [0.15, 0.2) is 5.69 Å². The Morgan fingerprint density at radius 2 is 1.78 bits per heavy atom. The number of aryl methyl sites for hydroxylation is 1. The summed E-state index contributed by atoms with van der Waals surface area (Å²) >= 11 is 14.3. The zero-order valence-corrected chi connectivity index (χ0v) is 27.7. The number of nitrogens with zero attached hydrogens (tertiary/aromatic N) is 3. The number of nitrogens with one attached hydrogen (secondary N) is 3. The van der Waals surface area contributed by atoms with Gasteiger partial charge in [-0.1, -0.05) is 59.2 Å². The fourth-order valence-corrected chi connectivity index (χ4v) is 7.51. The van der Waals surface area contributed by atoms with Crippen LogP contribution in [0.15, 0.2) is 54.6 Å². The van der Waals surface area contributed by atoms with Gasteiger partial charge >= 0.3 is 0 Å². The van der Waals surface area contributed by atoms with Gasteiger partial charge in [-0.05, 0) is 75.1 Å². The first-order chi connectivity index (χ1) is 21.6. The molecule has 9 nitrogen and oxygen atoms in total. The van der Waals surface area contributed by atoms with E-state index in [2.05, 4.69) is 26.7 Å². The molecule has 2 fully saturated rings. The van der Waals surface area contributed by atoms with Gasteiger partial charge in [0, 0.05) is 41.8 Å². The van der Waals surface area contributed by atoms with Crippen molar-refractivity contribution in [1.29, 1.82) is 0 Å². The molecule has 4 aromatic rings. The number of halogens is 2. The van der Waals surface area contributed by atoms with Crippen LogP contribution in [0.1, 0.15) is 64.2 Å². The minimum absolute atomic E-state index is 0.0774. The molecule has 0 unspecified atom stereocenters. The summed E-state index contributed by atoms with van der Waals surface area (Å²) in [6, 6.07) is 16.7. The first-order valence-electron chi connectivity index (χ1n) is 14.7. The van der Waals surface area contributed by atoms with Crippen molar-refractivity contribution in [3.63, 3.8) is 0 Å². The molecule has 0 spiro atoms. The maximum Gasteiger partial charge on any atom is 0.286 e. The Balaban J connectivity index is 1.44. The molecule has 0 atom stereocenters. The van der Waals surface area contributed by atoms with Crippen LogP contribution in [-0.4, -0.2) is 48.2 Å². The molecule has 2 aromatic heterocycles. The number of hydrazine groups is 1. The van der Waals surface area contributed by atoms with Crippen LogP contribution in [0.3, 0.4) is 0 Å². The lowest BCUT2D eigenvalue weighted by Gasteiger charge is -2.26. The van der Waals surface area contributed by atoms with Crippen molar-refractivity contribution in [2.75, 3.05) is 13.1 Å². The van der Waals surface area contributed by atoms with E-state index in [0.29, 0.717) is 27.0 Å². The number of hydrogen-bond donors (Lipinski definition) is 3. The molecular formula is C32H32Cl2N6O3S2. The normalized spacial score (nSPS) is 15.4. The number of amides is 1. The summed E-state index contributed by atoms with van der Waals surface area (Å²) in [6.07, 6.45) is 4.64. The quantitative estimate of drug-likeness (QED) is 0.193. The second-order valence-corrected chi connectivity index (χ2v) is 14.6. The maximum atomic E-state index is 13.8. The van der Waals surface area contributed by atoms with E-state index in [0.717, 1.165) is 66.1 Å². The van der Waals surface area contributed by atoms with Gasteiger partial charge in [-0.3, -0.25) is 10.2 Å². The average Bonchev–Trinajstić information content (AvgIpc) is 3.54. The smallest absolute Gasteiger partial charge is 0.283 e. The number of thiophene rings is 1. The largest absolute Gasteiger partial charge is 0.286 e. The molecule has 3 heterocycles. The maximum absolute atomic E-state index is 13.8. The van der Waals surface area contributed by atoms with Crippen molar-refractivity contribution >= 4 is 50.7 Å². The average molecular weight is 684 g/mol. The Hall–Kier alpha value is -3.21. The van der Waals surface area contributed by atoms with Crippen LogP contribution >= 0.6 is 34.5 Å². The topological polar surface area (TPSA) is 108 Å². The van der Waals surface area contributed by atoms with Crippen molar-refractivity contribution in [2.24, 2.45) is 0 Å². The first-order valence-corrected chi connectivity index (χ1v) is 17.8. The van der Waals surface area contributed by atoms with E-state index >= 15 is 0 Å². The number of benzene rings is 2. The number of carbonyl (C=O) groups excluding carboxylic acids is 1. The van der Waals surface area contributed by atoms with Gasteiger partial charge in [0.2, 0.25) is 0 Å². The second-order valence-electron chi connectivity index (χ2n) is 11.2. The van der Waals surface area contributed by atoms with Crippen LogP contribution in [0.2, 0.25) is 10.0 Å². The molecular weight excluding hydrogens is 651 g/mol. The van der Waals surface area contributed by atoms with Crippen LogP contribution in [0.25, 0.3) is 16.3 Å². The number of piperidine rings is 1. The van der Waals surface area contributed by atoms with Crippen LogP contribution in [0, 0.1) is 18.8 Å². The van der Waals surface area contributed by atoms with E-state index in [-0.39, 0.29) is 18.3 Å². The molecule has 6 rings (SSSR count). The number of aromatic nitrogens is 2. The summed E-state index contributed by atoms with van der Waals surface area (Å²) in [4.78, 5) is 15.3. The fourth-order valence-electron chi connectivity index (χ4n) is 5.02. The van der Waals surface area contributed by atoms with E-state index in [1.165, 1.54) is 11.3 Å². The first kappa shape index (κ1) is 31.8. The number of hydrogen-bond acceptors (Lipinski definition) is 6. The Morgan fingerprint density at radius 1 is 1.02 bits per heavy atom. The van der Waals surface area contributed by atoms with E-state index in [1.807, 2.05) is 48.3 Å². The van der Waals surface area contributed by atoms with E-state index in [1.54, 1.807) is 22.9 Å². The lowest BCUT2D eigenvalue weighted by Crippen LogP contribution is -2.45. The fraction of sp³-hybridized carbons (Fsp3) is 0.312. The summed E-state index contributed by atoms with van der Waals surface area (Å²) in [6.45, 7) is 3.31. The van der Waals surface area contributed by atoms with Crippen molar-refractivity contribution in [3.05, 3.63) is 91.9 Å². The van der Waals surface area contributed by atoms with Crippen molar-refractivity contribution < 1.29 is 13.2 Å². The molecule has 45 heavy (non-hydrogen) atoms. The van der Waals surface area contributed by atoms with Gasteiger partial charge in [-0.15, -0.1) is 11.3 Å². The molecule has 1 saturated heterocycles. The summed E-state index contributed by atoms with van der Waals surface area (Å²) in [5.74, 6) is 6.00. The van der Waals surface area contributed by atoms with Crippen molar-refractivity contribution in [1.82, 2.24) is 29.7 Å². The zero-order valence-electron chi connectivity index (χ0n) is 24.6. The lowest BCUT2D eigenvalue weighted by molar-refractivity contribution is 0.0743. The van der Waals surface area contributed by atoms with E-state index in [9.17, 15) is 13.2 Å². The SMILES string of the molecule is Cc1ccc(C#Cc2ccc(-c3c(CNS(=O)(=O)NC4CC4)c(C(=O)NN4CCCCC4)nn3-c3ccc(Cl)cc3Cl)s2)cc1. The predicted octanol–water partition coefficient (Wildman–Crippen LogP) is 5.83. The Morgan fingerprint density at radius 3 is 2.49 bits per heavy atom. The van der Waals surface area contributed by atoms with Gasteiger partial charge in [0.05, 0.1) is 26.2 Å². The standard InChI is InChI=1S/C32H32Cl2N6O3S2/c1-21-5-7-22(8-6-21)9-13-25-14-16-29(44-25)31-26(20-35-45(42,43)38-24-11-12-24)30(32(41)37-39-17-3-2-4-18-39)36-40(31)28-15-10-23(33)19-27(28)34/h5-8,10,14-16,19,24,35,38H,2-4,11-12,17-18,20H2,1H3,(H,37,41). The van der Waals surface area contributed by atoms with Crippen molar-refractivity contribution in [3.8, 4) is 28.1 Å². The summed E-state index contributed by atoms with van der Waals surface area (Å²) in [7, 11) is -3.83. The molecule has 234 valence electrons. The van der Waals surface area contributed by atoms with Crippen LogP contribution in [0.5, 0.6) is 0 Å². The molecule has 3 N–H and O–H groups in total. The predicted molar refractivity (Wildman–Crippen MR) is 179 cm³/mol. The summed E-state index contributed by atoms with van der Waals surface area (Å²) < 4.78 is 32.7. The minimum Gasteiger partial charge on any atom is -0.283 e.